The van der Waals surface area contributed by atoms with Crippen molar-refractivity contribution in [1.29, 1.82) is 0 Å². The minimum atomic E-state index is -4.85. The van der Waals surface area contributed by atoms with Crippen molar-refractivity contribution in [1.82, 2.24) is 0 Å². The number of aryl methyl sites for hydroxylation is 1. The number of carbonyl (C=O) groups excluding carboxylic acids is 1. The van der Waals surface area contributed by atoms with Crippen LogP contribution >= 0.6 is 23.2 Å². The van der Waals surface area contributed by atoms with Crippen LogP contribution in [0.15, 0.2) is 72.8 Å². The van der Waals surface area contributed by atoms with Gasteiger partial charge < -0.3 is 24.6 Å². The van der Waals surface area contributed by atoms with E-state index in [1.807, 2.05) is 12.1 Å². The summed E-state index contributed by atoms with van der Waals surface area (Å²) in [5.74, 6) is -1.31. The number of carbonyl (C=O) groups is 1. The second-order valence-electron chi connectivity index (χ2n) is 10.1. The number of ether oxygens (including phenoxy) is 2. The number of ketones is 1. The summed E-state index contributed by atoms with van der Waals surface area (Å²) in [5, 5.41) is 21.7. The first-order valence-corrected chi connectivity index (χ1v) is 13.6. The second kappa shape index (κ2) is 10.2. The Morgan fingerprint density at radius 3 is 2.29 bits per heavy atom. The first-order valence-electron chi connectivity index (χ1n) is 12.8. The van der Waals surface area contributed by atoms with Gasteiger partial charge in [0.2, 0.25) is 5.78 Å². The van der Waals surface area contributed by atoms with E-state index in [0.29, 0.717) is 50.0 Å². The van der Waals surface area contributed by atoms with Crippen LogP contribution in [-0.4, -0.2) is 29.2 Å². The number of halogens is 5. The number of alkyl halides is 3. The number of phenols is 1. The Bertz CT molecular complexity index is 1730. The Morgan fingerprint density at radius 2 is 1.60 bits per heavy atom. The van der Waals surface area contributed by atoms with Gasteiger partial charge in [0.05, 0.1) is 15.7 Å². The molecular formula is C31H22Cl2F3NO5. The summed E-state index contributed by atoms with van der Waals surface area (Å²) >= 11 is 13.2. The smallest absolute Gasteiger partial charge is 0.449 e. The van der Waals surface area contributed by atoms with E-state index in [-0.39, 0.29) is 22.9 Å². The molecule has 2 aliphatic heterocycles. The van der Waals surface area contributed by atoms with E-state index in [4.69, 9.17) is 32.7 Å². The van der Waals surface area contributed by atoms with E-state index in [0.717, 1.165) is 0 Å². The van der Waals surface area contributed by atoms with Gasteiger partial charge in [-0.3, -0.25) is 4.79 Å². The van der Waals surface area contributed by atoms with Gasteiger partial charge in [-0.05, 0) is 36.2 Å². The third kappa shape index (κ3) is 4.57. The molecule has 2 aliphatic rings. The lowest BCUT2D eigenvalue weighted by Crippen LogP contribution is -2.33. The van der Waals surface area contributed by atoms with Crippen molar-refractivity contribution < 1.29 is 37.7 Å². The molecule has 0 radical (unpaired) electrons. The summed E-state index contributed by atoms with van der Waals surface area (Å²) in [4.78, 5) is 13.0. The van der Waals surface area contributed by atoms with Crippen LogP contribution in [0.5, 0.6) is 17.2 Å². The minimum absolute atomic E-state index is 0.0402. The highest BCUT2D eigenvalue weighted by atomic mass is 35.5. The number of aliphatic hydroxyl groups is 1. The number of nitrogens with zero attached hydrogens (tertiary/aromatic N) is 1. The lowest BCUT2D eigenvalue weighted by molar-refractivity contribution is -0.171. The molecule has 0 fully saturated rings. The molecule has 2 atom stereocenters. The fourth-order valence-corrected chi connectivity index (χ4v) is 5.95. The number of aliphatic hydroxyl groups excluding tert-OH is 1. The van der Waals surface area contributed by atoms with Crippen LogP contribution in [0.3, 0.4) is 0 Å². The van der Waals surface area contributed by atoms with Crippen LogP contribution in [0.2, 0.25) is 10.0 Å². The minimum Gasteiger partial charge on any atom is -0.506 e. The topological polar surface area (TPSA) is 79.2 Å². The SMILES string of the molecule is CN(c1ccc(CCC(=O)C(F)(F)F)cc1)c1cc2c(cc1Cl)C1(OC(O)c3ccccc31)c1cc(Cl)c(O)cc1O2. The number of hydrogen-bond donors (Lipinski definition) is 2. The quantitative estimate of drug-likeness (QED) is 0.237. The summed E-state index contributed by atoms with van der Waals surface area (Å²) < 4.78 is 50.2. The molecule has 2 heterocycles. The molecule has 0 bridgehead atoms. The molecule has 4 aromatic carbocycles. The zero-order valence-corrected chi connectivity index (χ0v) is 23.4. The molecule has 42 heavy (non-hydrogen) atoms. The molecule has 0 amide bonds. The largest absolute Gasteiger partial charge is 0.506 e. The van der Waals surface area contributed by atoms with E-state index >= 15 is 0 Å². The molecule has 1 spiro atoms. The van der Waals surface area contributed by atoms with E-state index in [1.54, 1.807) is 66.5 Å². The highest BCUT2D eigenvalue weighted by Crippen LogP contribution is 2.60. The monoisotopic (exact) mass is 615 g/mol. The van der Waals surface area contributed by atoms with Crippen LogP contribution in [0, 0.1) is 0 Å². The maximum atomic E-state index is 12.6. The van der Waals surface area contributed by atoms with Crippen molar-refractivity contribution >= 4 is 40.4 Å². The highest BCUT2D eigenvalue weighted by molar-refractivity contribution is 6.33. The first kappa shape index (κ1) is 28.4. The van der Waals surface area contributed by atoms with Gasteiger partial charge >= 0.3 is 6.18 Å². The molecule has 2 unspecified atom stereocenters. The Morgan fingerprint density at radius 1 is 0.952 bits per heavy atom. The lowest BCUT2D eigenvalue weighted by Gasteiger charge is -2.38. The van der Waals surface area contributed by atoms with Gasteiger partial charge in [0.1, 0.15) is 17.2 Å². The molecule has 6 nitrogen and oxygen atoms in total. The maximum absolute atomic E-state index is 12.6. The van der Waals surface area contributed by atoms with Gasteiger partial charge in [0.15, 0.2) is 11.9 Å². The van der Waals surface area contributed by atoms with Crippen molar-refractivity contribution in [3.8, 4) is 17.2 Å². The number of phenolic OH excluding ortho intramolecular Hbond substituents is 1. The highest BCUT2D eigenvalue weighted by Gasteiger charge is 2.53. The molecule has 4 aromatic rings. The van der Waals surface area contributed by atoms with Crippen molar-refractivity contribution in [2.75, 3.05) is 11.9 Å². The molecule has 11 heteroatoms. The van der Waals surface area contributed by atoms with Gasteiger partial charge in [0, 0.05) is 53.5 Å². The van der Waals surface area contributed by atoms with Crippen LogP contribution < -0.4 is 9.64 Å². The fraction of sp³-hybridized carbons (Fsp3) is 0.194. The molecule has 0 saturated carbocycles. The van der Waals surface area contributed by atoms with Crippen LogP contribution in [0.25, 0.3) is 0 Å². The summed E-state index contributed by atoms with van der Waals surface area (Å²) in [6.07, 6.45) is -6.77. The van der Waals surface area contributed by atoms with Crippen molar-refractivity contribution in [2.24, 2.45) is 0 Å². The van der Waals surface area contributed by atoms with Gasteiger partial charge in [0.25, 0.3) is 0 Å². The molecule has 0 aliphatic carbocycles. The van der Waals surface area contributed by atoms with Crippen molar-refractivity contribution in [3.05, 3.63) is 111 Å². The standard InChI is InChI=1S/C31H22Cl2F3NO5/c1-37(17-9-6-16(7-10-17)8-11-28(39)31(34,35)36)24-14-26-20(12-22(24)32)30(19-5-3-2-4-18(19)29(40)42-30)21-13-23(33)25(38)15-27(21)41-26/h2-7,9-10,12-15,29,38,40H,8,11H2,1H3. The average molecular weight is 616 g/mol. The number of hydrogen-bond acceptors (Lipinski definition) is 6. The molecule has 0 aromatic heterocycles. The Kier molecular flexibility index (Phi) is 6.89. The zero-order chi connectivity index (χ0) is 30.0. The number of fused-ring (bicyclic) bond motifs is 6. The first-order chi connectivity index (χ1) is 19.9. The van der Waals surface area contributed by atoms with Gasteiger partial charge in [-0.1, -0.05) is 59.6 Å². The summed E-state index contributed by atoms with van der Waals surface area (Å²) in [6.45, 7) is 0. The fourth-order valence-electron chi connectivity index (χ4n) is 5.49. The molecule has 0 saturated heterocycles. The lowest BCUT2D eigenvalue weighted by atomic mass is 9.77. The normalized spacial score (nSPS) is 18.7. The number of aromatic hydroxyl groups is 1. The van der Waals surface area contributed by atoms with Crippen LogP contribution in [0.4, 0.5) is 24.5 Å². The number of Topliss-reactive ketones (excluding diaryl/α,β-unsaturated/α-hetero) is 1. The van der Waals surface area contributed by atoms with Gasteiger partial charge in [-0.2, -0.15) is 13.2 Å². The van der Waals surface area contributed by atoms with Crippen molar-refractivity contribution in [3.63, 3.8) is 0 Å². The van der Waals surface area contributed by atoms with E-state index in [1.165, 1.54) is 6.07 Å². The Balaban J connectivity index is 1.39. The maximum Gasteiger partial charge on any atom is 0.449 e. The summed E-state index contributed by atoms with van der Waals surface area (Å²) in [5.41, 5.74) is 2.70. The predicted molar refractivity (Wildman–Crippen MR) is 151 cm³/mol. The molecule has 2 N–H and O–H groups in total. The molecular weight excluding hydrogens is 594 g/mol. The van der Waals surface area contributed by atoms with Gasteiger partial charge in [-0.25, -0.2) is 0 Å². The Hall–Kier alpha value is -3.76. The van der Waals surface area contributed by atoms with E-state index < -0.39 is 30.3 Å². The predicted octanol–water partition coefficient (Wildman–Crippen LogP) is 7.95. The van der Waals surface area contributed by atoms with Crippen LogP contribution in [-0.2, 0) is 21.6 Å². The average Bonchev–Trinajstić information content (AvgIpc) is 3.25. The van der Waals surface area contributed by atoms with E-state index in [2.05, 4.69) is 0 Å². The summed E-state index contributed by atoms with van der Waals surface area (Å²) in [6, 6.07) is 20.3. The molecule has 216 valence electrons. The second-order valence-corrected chi connectivity index (χ2v) is 10.9. The Labute approximate surface area is 248 Å². The third-order valence-corrected chi connectivity index (χ3v) is 8.22. The van der Waals surface area contributed by atoms with Crippen LogP contribution in [0.1, 0.15) is 40.5 Å². The third-order valence-electron chi connectivity index (χ3n) is 7.61. The van der Waals surface area contributed by atoms with Gasteiger partial charge in [-0.15, -0.1) is 0 Å². The summed E-state index contributed by atoms with van der Waals surface area (Å²) in [7, 11) is 1.76. The van der Waals surface area contributed by atoms with E-state index in [9.17, 15) is 28.2 Å². The zero-order valence-electron chi connectivity index (χ0n) is 21.9. The number of rotatable bonds is 5. The molecule has 6 rings (SSSR count). The van der Waals surface area contributed by atoms with Crippen molar-refractivity contribution in [2.45, 2.75) is 30.9 Å². The number of anilines is 2. The number of benzene rings is 4.